The maximum Gasteiger partial charge on any atom is 0.182 e. The molecule has 28 heavy (non-hydrogen) atoms. The molecule has 2 aromatic rings. The highest BCUT2D eigenvalue weighted by Crippen LogP contribution is 2.30. The quantitative estimate of drug-likeness (QED) is 0.477. The summed E-state index contributed by atoms with van der Waals surface area (Å²) in [6.07, 6.45) is 1.73. The van der Waals surface area contributed by atoms with Crippen LogP contribution in [0, 0.1) is 0 Å². The van der Waals surface area contributed by atoms with Gasteiger partial charge in [-0.1, -0.05) is 36.5 Å². The summed E-state index contributed by atoms with van der Waals surface area (Å²) in [6.45, 7) is 11.1. The van der Waals surface area contributed by atoms with Crippen LogP contribution in [0.5, 0.6) is 5.75 Å². The summed E-state index contributed by atoms with van der Waals surface area (Å²) in [7, 11) is 0. The molecule has 1 fully saturated rings. The SMILES string of the molecule is C=CCOc1ccc(Sc2ccc(C(=O)C(C)(C)N3CCOCC3)cc2)cc1. The summed E-state index contributed by atoms with van der Waals surface area (Å²) in [6, 6.07) is 15.8. The topological polar surface area (TPSA) is 38.8 Å². The number of carbonyl (C=O) groups is 1. The van der Waals surface area contributed by atoms with Crippen molar-refractivity contribution < 1.29 is 14.3 Å². The minimum absolute atomic E-state index is 0.148. The number of hydrogen-bond donors (Lipinski definition) is 0. The van der Waals surface area contributed by atoms with Crippen LogP contribution in [0.25, 0.3) is 0 Å². The van der Waals surface area contributed by atoms with Crippen LogP contribution in [0.3, 0.4) is 0 Å². The lowest BCUT2D eigenvalue weighted by Crippen LogP contribution is -2.54. The number of carbonyl (C=O) groups excluding carboxylic acids is 1. The third-order valence-electron chi connectivity index (χ3n) is 4.90. The highest BCUT2D eigenvalue weighted by molar-refractivity contribution is 7.99. The van der Waals surface area contributed by atoms with Gasteiger partial charge in [0, 0.05) is 28.4 Å². The van der Waals surface area contributed by atoms with E-state index in [0.717, 1.165) is 34.2 Å². The molecule has 0 spiro atoms. The van der Waals surface area contributed by atoms with Crippen molar-refractivity contribution >= 4 is 17.5 Å². The van der Waals surface area contributed by atoms with Crippen molar-refractivity contribution in [2.45, 2.75) is 29.2 Å². The van der Waals surface area contributed by atoms with E-state index in [4.69, 9.17) is 9.47 Å². The average molecular weight is 398 g/mol. The van der Waals surface area contributed by atoms with Gasteiger partial charge >= 0.3 is 0 Å². The van der Waals surface area contributed by atoms with E-state index in [1.165, 1.54) is 0 Å². The zero-order chi connectivity index (χ0) is 20.0. The van der Waals surface area contributed by atoms with Crippen molar-refractivity contribution in [2.75, 3.05) is 32.9 Å². The van der Waals surface area contributed by atoms with Gasteiger partial charge in [0.15, 0.2) is 5.78 Å². The molecule has 0 bridgehead atoms. The molecule has 4 nitrogen and oxygen atoms in total. The minimum Gasteiger partial charge on any atom is -0.490 e. The molecule has 0 aromatic heterocycles. The fraction of sp³-hybridized carbons (Fsp3) is 0.348. The first-order valence-electron chi connectivity index (χ1n) is 9.50. The normalized spacial score (nSPS) is 15.2. The summed E-state index contributed by atoms with van der Waals surface area (Å²) < 4.78 is 10.9. The van der Waals surface area contributed by atoms with Gasteiger partial charge in [-0.2, -0.15) is 0 Å². The van der Waals surface area contributed by atoms with Gasteiger partial charge in [-0.25, -0.2) is 0 Å². The largest absolute Gasteiger partial charge is 0.490 e. The third-order valence-corrected chi connectivity index (χ3v) is 5.92. The van der Waals surface area contributed by atoms with Gasteiger partial charge < -0.3 is 9.47 Å². The second-order valence-corrected chi connectivity index (χ2v) is 8.33. The molecule has 0 atom stereocenters. The standard InChI is InChI=1S/C23H27NO3S/c1-4-15-27-19-7-11-21(12-8-19)28-20-9-5-18(6-10-20)22(25)23(2,3)24-13-16-26-17-14-24/h4-12H,1,13-17H2,2-3H3. The van der Waals surface area contributed by atoms with Crippen molar-refractivity contribution in [2.24, 2.45) is 0 Å². The molecule has 148 valence electrons. The Morgan fingerprint density at radius 3 is 2.25 bits per heavy atom. The number of morpholine rings is 1. The van der Waals surface area contributed by atoms with E-state index in [0.29, 0.717) is 19.8 Å². The number of nitrogens with zero attached hydrogens (tertiary/aromatic N) is 1. The predicted molar refractivity (Wildman–Crippen MR) is 114 cm³/mol. The Morgan fingerprint density at radius 1 is 1.11 bits per heavy atom. The fourth-order valence-electron chi connectivity index (χ4n) is 3.19. The maximum atomic E-state index is 13.0. The van der Waals surface area contributed by atoms with Crippen molar-refractivity contribution in [3.05, 3.63) is 66.7 Å². The predicted octanol–water partition coefficient (Wildman–Crippen LogP) is 4.70. The van der Waals surface area contributed by atoms with E-state index in [-0.39, 0.29) is 5.78 Å². The molecule has 1 aliphatic rings. The van der Waals surface area contributed by atoms with Crippen LogP contribution in [0.2, 0.25) is 0 Å². The minimum atomic E-state index is -0.528. The molecule has 0 saturated carbocycles. The molecular weight excluding hydrogens is 370 g/mol. The number of benzene rings is 2. The van der Waals surface area contributed by atoms with Gasteiger partial charge in [-0.3, -0.25) is 9.69 Å². The molecule has 0 radical (unpaired) electrons. The second-order valence-electron chi connectivity index (χ2n) is 7.19. The van der Waals surface area contributed by atoms with Crippen LogP contribution in [-0.4, -0.2) is 49.1 Å². The summed E-state index contributed by atoms with van der Waals surface area (Å²) >= 11 is 1.66. The van der Waals surface area contributed by atoms with E-state index in [1.54, 1.807) is 17.8 Å². The summed E-state index contributed by atoms with van der Waals surface area (Å²) in [5.74, 6) is 0.977. The Morgan fingerprint density at radius 2 is 1.68 bits per heavy atom. The summed E-state index contributed by atoms with van der Waals surface area (Å²) in [4.78, 5) is 17.5. The second kappa shape index (κ2) is 9.41. The van der Waals surface area contributed by atoms with E-state index in [2.05, 4.69) is 11.5 Å². The van der Waals surface area contributed by atoms with E-state index < -0.39 is 5.54 Å². The molecular formula is C23H27NO3S. The van der Waals surface area contributed by atoms with Gasteiger partial charge in [0.25, 0.3) is 0 Å². The first-order chi connectivity index (χ1) is 13.5. The monoisotopic (exact) mass is 397 g/mol. The van der Waals surface area contributed by atoms with Gasteiger partial charge in [-0.15, -0.1) is 0 Å². The van der Waals surface area contributed by atoms with Crippen molar-refractivity contribution in [1.82, 2.24) is 4.90 Å². The van der Waals surface area contributed by atoms with Gasteiger partial charge in [-0.05, 0) is 50.2 Å². The highest BCUT2D eigenvalue weighted by atomic mass is 32.2. The van der Waals surface area contributed by atoms with Crippen molar-refractivity contribution in [3.63, 3.8) is 0 Å². The Hall–Kier alpha value is -2.08. The molecule has 3 rings (SSSR count). The van der Waals surface area contributed by atoms with E-state index in [1.807, 2.05) is 62.4 Å². The maximum absolute atomic E-state index is 13.0. The van der Waals surface area contributed by atoms with Crippen LogP contribution in [0.4, 0.5) is 0 Å². The zero-order valence-corrected chi connectivity index (χ0v) is 17.3. The average Bonchev–Trinajstić information content (AvgIpc) is 2.74. The van der Waals surface area contributed by atoms with Gasteiger partial charge in [0.2, 0.25) is 0 Å². The first kappa shape index (κ1) is 20.6. The Balaban J connectivity index is 1.64. The molecule has 0 unspecified atom stereocenters. The Bertz CT molecular complexity index is 794. The third kappa shape index (κ3) is 5.04. The van der Waals surface area contributed by atoms with Gasteiger partial charge in [0.1, 0.15) is 12.4 Å². The van der Waals surface area contributed by atoms with Crippen LogP contribution in [0.15, 0.2) is 71.0 Å². The summed E-state index contributed by atoms with van der Waals surface area (Å²) in [5.41, 5.74) is 0.216. The van der Waals surface area contributed by atoms with Crippen LogP contribution >= 0.6 is 11.8 Å². The number of rotatable bonds is 8. The Labute approximate surface area is 171 Å². The van der Waals surface area contributed by atoms with E-state index in [9.17, 15) is 4.79 Å². The number of hydrogen-bond acceptors (Lipinski definition) is 5. The smallest absolute Gasteiger partial charge is 0.182 e. The highest BCUT2D eigenvalue weighted by Gasteiger charge is 2.35. The van der Waals surface area contributed by atoms with Crippen LogP contribution < -0.4 is 4.74 Å². The molecule has 0 amide bonds. The molecule has 5 heteroatoms. The molecule has 1 aliphatic heterocycles. The lowest BCUT2D eigenvalue weighted by Gasteiger charge is -2.39. The first-order valence-corrected chi connectivity index (χ1v) is 10.3. The van der Waals surface area contributed by atoms with Crippen LogP contribution in [-0.2, 0) is 4.74 Å². The number of ether oxygens (including phenoxy) is 2. The van der Waals surface area contributed by atoms with Crippen LogP contribution in [0.1, 0.15) is 24.2 Å². The van der Waals surface area contributed by atoms with E-state index >= 15 is 0 Å². The zero-order valence-electron chi connectivity index (χ0n) is 16.5. The number of ketones is 1. The molecule has 0 aliphatic carbocycles. The molecule has 2 aromatic carbocycles. The Kier molecular flexibility index (Phi) is 6.94. The fourth-order valence-corrected chi connectivity index (χ4v) is 4.01. The molecule has 1 saturated heterocycles. The van der Waals surface area contributed by atoms with Gasteiger partial charge in [0.05, 0.1) is 18.8 Å². The summed E-state index contributed by atoms with van der Waals surface area (Å²) in [5, 5.41) is 0. The lowest BCUT2D eigenvalue weighted by atomic mass is 9.91. The molecule has 1 heterocycles. The lowest BCUT2D eigenvalue weighted by molar-refractivity contribution is -0.00430. The number of Topliss-reactive ketones (excluding diaryl/α,β-unsaturated/α-hetero) is 1. The van der Waals surface area contributed by atoms with Crippen molar-refractivity contribution in [1.29, 1.82) is 0 Å². The van der Waals surface area contributed by atoms with Crippen molar-refractivity contribution in [3.8, 4) is 5.75 Å². The molecule has 0 N–H and O–H groups in total.